The van der Waals surface area contributed by atoms with E-state index >= 15 is 0 Å². The molecule has 1 aromatic rings. The van der Waals surface area contributed by atoms with Crippen LogP contribution in [0.4, 0.5) is 8.78 Å². The quantitative estimate of drug-likeness (QED) is 0.686. The van der Waals surface area contributed by atoms with E-state index in [1.807, 2.05) is 0 Å². The number of carboxylic acid groups (broad SMARTS) is 1. The second-order valence-corrected chi connectivity index (χ2v) is 4.36. The molecule has 0 aliphatic rings. The van der Waals surface area contributed by atoms with Crippen LogP contribution in [0.3, 0.4) is 0 Å². The van der Waals surface area contributed by atoms with Crippen LogP contribution in [-0.2, 0) is 16.0 Å². The Morgan fingerprint density at radius 2 is 1.95 bits per heavy atom. The Morgan fingerprint density at radius 3 is 2.62 bits per heavy atom. The number of carbonyl (C=O) groups excluding carboxylic acids is 1. The molecule has 116 valence electrons. The third-order valence-electron chi connectivity index (χ3n) is 2.68. The average Bonchev–Trinajstić information content (AvgIpc) is 2.39. The first-order valence-electron chi connectivity index (χ1n) is 6.50. The lowest BCUT2D eigenvalue weighted by Crippen LogP contribution is -2.26. The number of benzene rings is 1. The van der Waals surface area contributed by atoms with E-state index in [1.165, 1.54) is 6.07 Å². The van der Waals surface area contributed by atoms with E-state index in [0.29, 0.717) is 24.9 Å². The Kier molecular flexibility index (Phi) is 7.14. The second kappa shape index (κ2) is 8.89. The lowest BCUT2D eigenvalue weighted by atomic mass is 10.1. The van der Waals surface area contributed by atoms with Gasteiger partial charge in [-0.15, -0.1) is 0 Å². The molecule has 0 spiro atoms. The number of amides is 1. The van der Waals surface area contributed by atoms with Gasteiger partial charge in [0.25, 0.3) is 0 Å². The molecule has 1 amide bonds. The number of ether oxygens (including phenoxy) is 1. The Labute approximate surface area is 120 Å². The third kappa shape index (κ3) is 7.24. The summed E-state index contributed by atoms with van der Waals surface area (Å²) >= 11 is 0. The van der Waals surface area contributed by atoms with Crippen LogP contribution >= 0.6 is 0 Å². The molecule has 0 unspecified atom stereocenters. The van der Waals surface area contributed by atoms with Gasteiger partial charge in [0, 0.05) is 18.5 Å². The SMILES string of the molecule is O=C(O)CCCCNC(=O)Cc1ccccc1OC(F)F. The molecule has 0 bridgehead atoms. The Balaban J connectivity index is 2.39. The topological polar surface area (TPSA) is 75.6 Å². The predicted molar refractivity (Wildman–Crippen MR) is 71.3 cm³/mol. The maximum atomic E-state index is 12.2. The molecule has 0 radical (unpaired) electrons. The number of halogens is 2. The average molecular weight is 301 g/mol. The summed E-state index contributed by atoms with van der Waals surface area (Å²) < 4.78 is 28.8. The van der Waals surface area contributed by atoms with Gasteiger partial charge in [-0.2, -0.15) is 8.78 Å². The molecule has 7 heteroatoms. The molecule has 0 aliphatic carbocycles. The van der Waals surface area contributed by atoms with Crippen LogP contribution in [-0.4, -0.2) is 30.1 Å². The maximum Gasteiger partial charge on any atom is 0.387 e. The zero-order chi connectivity index (χ0) is 15.7. The zero-order valence-corrected chi connectivity index (χ0v) is 11.4. The zero-order valence-electron chi connectivity index (χ0n) is 11.4. The number of alkyl halides is 2. The number of carboxylic acids is 1. The number of carbonyl (C=O) groups is 2. The van der Waals surface area contributed by atoms with E-state index < -0.39 is 12.6 Å². The minimum absolute atomic E-state index is 0.0199. The molecular weight excluding hydrogens is 284 g/mol. The van der Waals surface area contributed by atoms with Crippen LogP contribution in [0.1, 0.15) is 24.8 Å². The lowest BCUT2D eigenvalue weighted by Gasteiger charge is -2.10. The van der Waals surface area contributed by atoms with Crippen LogP contribution < -0.4 is 10.1 Å². The highest BCUT2D eigenvalue weighted by Crippen LogP contribution is 2.20. The van der Waals surface area contributed by atoms with E-state index in [9.17, 15) is 18.4 Å². The normalized spacial score (nSPS) is 10.4. The van der Waals surface area contributed by atoms with Crippen molar-refractivity contribution in [2.45, 2.75) is 32.3 Å². The van der Waals surface area contributed by atoms with Gasteiger partial charge in [-0.1, -0.05) is 18.2 Å². The summed E-state index contributed by atoms with van der Waals surface area (Å²) in [5.41, 5.74) is 0.376. The van der Waals surface area contributed by atoms with Crippen LogP contribution in [0.15, 0.2) is 24.3 Å². The molecule has 0 saturated carbocycles. The fraction of sp³-hybridized carbons (Fsp3) is 0.429. The van der Waals surface area contributed by atoms with Crippen molar-refractivity contribution in [2.24, 2.45) is 0 Å². The number of aliphatic carboxylic acids is 1. The van der Waals surface area contributed by atoms with Gasteiger partial charge in [-0.25, -0.2) is 0 Å². The first-order valence-corrected chi connectivity index (χ1v) is 6.50. The molecule has 0 aromatic heterocycles. The molecule has 0 atom stereocenters. The van der Waals surface area contributed by atoms with Gasteiger partial charge < -0.3 is 15.2 Å². The number of nitrogens with one attached hydrogen (secondary N) is 1. The van der Waals surface area contributed by atoms with Gasteiger partial charge in [0.15, 0.2) is 0 Å². The number of unbranched alkanes of at least 4 members (excludes halogenated alkanes) is 1. The number of hydrogen-bond donors (Lipinski definition) is 2. The predicted octanol–water partition coefficient (Wildman–Crippen LogP) is 2.20. The summed E-state index contributed by atoms with van der Waals surface area (Å²) in [6.07, 6.45) is 1.01. The molecule has 1 aromatic carbocycles. The van der Waals surface area contributed by atoms with Crippen molar-refractivity contribution >= 4 is 11.9 Å². The molecule has 5 nitrogen and oxygen atoms in total. The van der Waals surface area contributed by atoms with Crippen molar-refractivity contribution in [1.82, 2.24) is 5.32 Å². The maximum absolute atomic E-state index is 12.2. The molecule has 1 rings (SSSR count). The van der Waals surface area contributed by atoms with E-state index in [2.05, 4.69) is 10.1 Å². The third-order valence-corrected chi connectivity index (χ3v) is 2.68. The van der Waals surface area contributed by atoms with Crippen molar-refractivity contribution in [3.05, 3.63) is 29.8 Å². The van der Waals surface area contributed by atoms with E-state index in [1.54, 1.807) is 18.2 Å². The smallest absolute Gasteiger partial charge is 0.387 e. The van der Waals surface area contributed by atoms with Crippen molar-refractivity contribution < 1.29 is 28.2 Å². The van der Waals surface area contributed by atoms with Gasteiger partial charge in [0.2, 0.25) is 5.91 Å². The molecule has 21 heavy (non-hydrogen) atoms. The van der Waals surface area contributed by atoms with Crippen molar-refractivity contribution in [3.63, 3.8) is 0 Å². The Hall–Kier alpha value is -2.18. The van der Waals surface area contributed by atoms with Gasteiger partial charge in [-0.3, -0.25) is 9.59 Å². The number of rotatable bonds is 9. The molecule has 2 N–H and O–H groups in total. The molecule has 0 heterocycles. The minimum Gasteiger partial charge on any atom is -0.481 e. The van der Waals surface area contributed by atoms with Crippen molar-refractivity contribution in [1.29, 1.82) is 0 Å². The van der Waals surface area contributed by atoms with Crippen LogP contribution in [0.2, 0.25) is 0 Å². The molecule has 0 aliphatic heterocycles. The first-order chi connectivity index (χ1) is 9.99. The Bertz CT molecular complexity index is 480. The number of para-hydroxylation sites is 1. The standard InChI is InChI=1S/C14H17F2NO4/c15-14(16)21-11-6-2-1-5-10(11)9-12(18)17-8-4-3-7-13(19)20/h1-2,5-6,14H,3-4,7-9H2,(H,17,18)(H,19,20). The fourth-order valence-electron chi connectivity index (χ4n) is 1.73. The summed E-state index contributed by atoms with van der Waals surface area (Å²) in [7, 11) is 0. The fourth-order valence-corrected chi connectivity index (χ4v) is 1.73. The molecule has 0 fully saturated rings. The summed E-state index contributed by atoms with van der Waals surface area (Å²) in [6, 6.07) is 6.10. The van der Waals surface area contributed by atoms with Gasteiger partial charge in [0.05, 0.1) is 6.42 Å². The first kappa shape index (κ1) is 16.9. The second-order valence-electron chi connectivity index (χ2n) is 4.36. The van der Waals surface area contributed by atoms with Crippen molar-refractivity contribution in [3.8, 4) is 5.75 Å². The highest BCUT2D eigenvalue weighted by atomic mass is 19.3. The summed E-state index contributed by atoms with van der Waals surface area (Å²) in [5, 5.41) is 11.1. The summed E-state index contributed by atoms with van der Waals surface area (Å²) in [5.74, 6) is -1.22. The largest absolute Gasteiger partial charge is 0.481 e. The Morgan fingerprint density at radius 1 is 1.24 bits per heavy atom. The summed E-state index contributed by atoms with van der Waals surface area (Å²) in [6.45, 7) is -2.59. The van der Waals surface area contributed by atoms with Crippen molar-refractivity contribution in [2.75, 3.05) is 6.54 Å². The lowest BCUT2D eigenvalue weighted by molar-refractivity contribution is -0.137. The highest BCUT2D eigenvalue weighted by Gasteiger charge is 2.11. The highest BCUT2D eigenvalue weighted by molar-refractivity contribution is 5.79. The van der Waals surface area contributed by atoms with Gasteiger partial charge >= 0.3 is 12.6 Å². The van der Waals surface area contributed by atoms with Gasteiger partial charge in [-0.05, 0) is 18.9 Å². The summed E-state index contributed by atoms with van der Waals surface area (Å²) in [4.78, 5) is 22.0. The van der Waals surface area contributed by atoms with E-state index in [-0.39, 0.29) is 24.5 Å². The van der Waals surface area contributed by atoms with E-state index in [4.69, 9.17) is 5.11 Å². The molecular formula is C14H17F2NO4. The molecule has 0 saturated heterocycles. The van der Waals surface area contributed by atoms with Crippen LogP contribution in [0.25, 0.3) is 0 Å². The van der Waals surface area contributed by atoms with Crippen LogP contribution in [0.5, 0.6) is 5.75 Å². The van der Waals surface area contributed by atoms with Gasteiger partial charge in [0.1, 0.15) is 5.75 Å². The monoisotopic (exact) mass is 301 g/mol. The van der Waals surface area contributed by atoms with Crippen LogP contribution in [0, 0.1) is 0 Å². The number of hydrogen-bond acceptors (Lipinski definition) is 3. The minimum atomic E-state index is -2.94. The van der Waals surface area contributed by atoms with E-state index in [0.717, 1.165) is 0 Å².